The maximum Gasteiger partial charge on any atom is 0.420 e. The van der Waals surface area contributed by atoms with E-state index in [4.69, 9.17) is 10.8 Å². The molecule has 0 unspecified atom stereocenters. The van der Waals surface area contributed by atoms with Crippen molar-refractivity contribution in [2.24, 2.45) is 0 Å². The van der Waals surface area contributed by atoms with E-state index in [1.807, 2.05) is 0 Å². The predicted molar refractivity (Wildman–Crippen MR) is 107 cm³/mol. The van der Waals surface area contributed by atoms with E-state index in [2.05, 4.69) is 16.3 Å². The van der Waals surface area contributed by atoms with Crippen molar-refractivity contribution in [3.8, 4) is 12.3 Å². The van der Waals surface area contributed by atoms with E-state index in [1.165, 1.54) is 9.25 Å². The molecule has 0 bridgehead atoms. The summed E-state index contributed by atoms with van der Waals surface area (Å²) in [6.45, 7) is -0.0898. The molecule has 2 aromatic carbocycles. The highest BCUT2D eigenvalue weighted by Gasteiger charge is 2.14. The average Bonchev–Trinajstić information content (AvgIpc) is 3.04. The van der Waals surface area contributed by atoms with Crippen LogP contribution < -0.4 is 16.6 Å². The number of amides is 1. The SMILES string of the molecule is C#CCn1nc(CNC(=O)Cn2c(=O)oc3ccccc32)c2ccccc2c1=O. The van der Waals surface area contributed by atoms with Gasteiger partial charge in [0.1, 0.15) is 13.1 Å². The highest BCUT2D eigenvalue weighted by molar-refractivity contribution is 5.84. The number of rotatable bonds is 5. The largest absolute Gasteiger partial charge is 0.420 e. The van der Waals surface area contributed by atoms with Crippen LogP contribution in [0, 0.1) is 12.3 Å². The van der Waals surface area contributed by atoms with E-state index < -0.39 is 5.76 Å². The summed E-state index contributed by atoms with van der Waals surface area (Å²) in [5, 5.41) is 8.13. The third-order valence-corrected chi connectivity index (χ3v) is 4.51. The fourth-order valence-corrected chi connectivity index (χ4v) is 3.17. The number of benzene rings is 2. The molecule has 4 aromatic rings. The van der Waals surface area contributed by atoms with E-state index in [0.29, 0.717) is 27.6 Å². The number of hydrogen-bond acceptors (Lipinski definition) is 5. The Bertz CT molecular complexity index is 1390. The Morgan fingerprint density at radius 2 is 1.83 bits per heavy atom. The van der Waals surface area contributed by atoms with Crippen molar-refractivity contribution >= 4 is 27.8 Å². The molecule has 1 N–H and O–H groups in total. The number of terminal acetylenes is 1. The lowest BCUT2D eigenvalue weighted by atomic mass is 10.1. The summed E-state index contributed by atoms with van der Waals surface area (Å²) in [6, 6.07) is 13.9. The van der Waals surface area contributed by atoms with E-state index in [9.17, 15) is 14.4 Å². The minimum absolute atomic E-state index is 0.0288. The number of oxazole rings is 1. The van der Waals surface area contributed by atoms with E-state index in [0.717, 1.165) is 0 Å². The van der Waals surface area contributed by atoms with Crippen LogP contribution in [0.5, 0.6) is 0 Å². The summed E-state index contributed by atoms with van der Waals surface area (Å²) in [5.41, 5.74) is 1.18. The van der Waals surface area contributed by atoms with Gasteiger partial charge in [-0.2, -0.15) is 5.10 Å². The summed E-state index contributed by atoms with van der Waals surface area (Å²) in [5.74, 6) is 1.41. The highest BCUT2D eigenvalue weighted by Crippen LogP contribution is 2.14. The van der Waals surface area contributed by atoms with Crippen molar-refractivity contribution in [3.63, 3.8) is 0 Å². The van der Waals surface area contributed by atoms with Crippen LogP contribution in [-0.2, 0) is 24.4 Å². The van der Waals surface area contributed by atoms with Crippen molar-refractivity contribution in [2.75, 3.05) is 0 Å². The summed E-state index contributed by atoms with van der Waals surface area (Å²) >= 11 is 0. The standard InChI is InChI=1S/C21H16N4O4/c1-2-11-25-20(27)15-8-4-3-7-14(15)16(23-25)12-22-19(26)13-24-17-9-5-6-10-18(17)29-21(24)28/h1,3-10H,11-13H2,(H,22,26). The van der Waals surface area contributed by atoms with Crippen LogP contribution in [0.1, 0.15) is 5.69 Å². The lowest BCUT2D eigenvalue weighted by Crippen LogP contribution is -2.32. The third kappa shape index (κ3) is 3.41. The van der Waals surface area contributed by atoms with Gasteiger partial charge < -0.3 is 9.73 Å². The topological polar surface area (TPSA) is 99.1 Å². The Morgan fingerprint density at radius 3 is 2.62 bits per heavy atom. The molecule has 0 atom stereocenters. The number of aromatic nitrogens is 3. The number of fused-ring (bicyclic) bond motifs is 2. The number of carbonyl (C=O) groups is 1. The lowest BCUT2D eigenvalue weighted by Gasteiger charge is -2.10. The van der Waals surface area contributed by atoms with Gasteiger partial charge in [-0.25, -0.2) is 9.48 Å². The van der Waals surface area contributed by atoms with Crippen LogP contribution >= 0.6 is 0 Å². The predicted octanol–water partition coefficient (Wildman–Crippen LogP) is 1.25. The van der Waals surface area contributed by atoms with Crippen LogP contribution in [0.3, 0.4) is 0 Å². The molecule has 2 heterocycles. The van der Waals surface area contributed by atoms with Crippen molar-refractivity contribution < 1.29 is 9.21 Å². The average molecular weight is 388 g/mol. The molecule has 2 aromatic heterocycles. The summed E-state index contributed by atoms with van der Waals surface area (Å²) in [6.07, 6.45) is 5.32. The molecule has 0 aliphatic heterocycles. The zero-order chi connectivity index (χ0) is 20.4. The zero-order valence-electron chi connectivity index (χ0n) is 15.3. The Kier molecular flexibility index (Phi) is 4.71. The third-order valence-electron chi connectivity index (χ3n) is 4.51. The zero-order valence-corrected chi connectivity index (χ0v) is 15.3. The van der Waals surface area contributed by atoms with Gasteiger partial charge in [-0.3, -0.25) is 14.2 Å². The van der Waals surface area contributed by atoms with Crippen molar-refractivity contribution in [2.45, 2.75) is 19.6 Å². The summed E-state index contributed by atoms with van der Waals surface area (Å²) in [7, 11) is 0. The molecule has 4 rings (SSSR count). The first-order valence-corrected chi connectivity index (χ1v) is 8.86. The van der Waals surface area contributed by atoms with E-state index in [1.54, 1.807) is 48.5 Å². The number of para-hydroxylation sites is 2. The molecule has 8 heteroatoms. The molecular formula is C21H16N4O4. The van der Waals surface area contributed by atoms with Gasteiger partial charge in [-0.05, 0) is 18.2 Å². The molecule has 0 saturated heterocycles. The number of nitrogens with one attached hydrogen (secondary N) is 1. The molecule has 8 nitrogen and oxygen atoms in total. The highest BCUT2D eigenvalue weighted by atomic mass is 16.4. The maximum absolute atomic E-state index is 12.5. The fourth-order valence-electron chi connectivity index (χ4n) is 3.17. The lowest BCUT2D eigenvalue weighted by molar-refractivity contribution is -0.121. The Morgan fingerprint density at radius 1 is 1.10 bits per heavy atom. The Hall–Kier alpha value is -4.12. The van der Waals surface area contributed by atoms with Crippen LogP contribution in [-0.4, -0.2) is 20.3 Å². The first-order chi connectivity index (χ1) is 14.1. The second kappa shape index (κ2) is 7.48. The second-order valence-electron chi connectivity index (χ2n) is 6.36. The van der Waals surface area contributed by atoms with Gasteiger partial charge in [-0.15, -0.1) is 6.42 Å². The van der Waals surface area contributed by atoms with Crippen LogP contribution in [0.15, 0.2) is 62.5 Å². The fraction of sp³-hybridized carbons (Fsp3) is 0.143. The van der Waals surface area contributed by atoms with Crippen molar-refractivity contribution in [1.29, 1.82) is 0 Å². The molecule has 0 fully saturated rings. The summed E-state index contributed by atoms with van der Waals surface area (Å²) < 4.78 is 7.59. The van der Waals surface area contributed by atoms with Crippen LogP contribution in [0.4, 0.5) is 0 Å². The summed E-state index contributed by atoms with van der Waals surface area (Å²) in [4.78, 5) is 36.9. The van der Waals surface area contributed by atoms with Crippen molar-refractivity contribution in [3.05, 3.63) is 75.1 Å². The first-order valence-electron chi connectivity index (χ1n) is 8.86. The second-order valence-corrected chi connectivity index (χ2v) is 6.36. The number of hydrogen-bond donors (Lipinski definition) is 1. The Balaban J connectivity index is 1.59. The van der Waals surface area contributed by atoms with Gasteiger partial charge in [0.15, 0.2) is 5.58 Å². The van der Waals surface area contributed by atoms with Gasteiger partial charge in [0, 0.05) is 5.39 Å². The molecular weight excluding hydrogens is 372 g/mol. The molecule has 0 radical (unpaired) electrons. The first kappa shape index (κ1) is 18.3. The van der Waals surface area contributed by atoms with Crippen LogP contribution in [0.2, 0.25) is 0 Å². The quantitative estimate of drug-likeness (QED) is 0.519. The van der Waals surface area contributed by atoms with E-state index >= 15 is 0 Å². The van der Waals surface area contributed by atoms with Gasteiger partial charge in [0.2, 0.25) is 5.91 Å². The molecule has 0 aliphatic rings. The van der Waals surface area contributed by atoms with Crippen LogP contribution in [0.25, 0.3) is 21.9 Å². The van der Waals surface area contributed by atoms with Gasteiger partial charge in [-0.1, -0.05) is 36.3 Å². The smallest absolute Gasteiger partial charge is 0.408 e. The molecule has 29 heavy (non-hydrogen) atoms. The molecule has 0 saturated carbocycles. The van der Waals surface area contributed by atoms with E-state index in [-0.39, 0.29) is 31.1 Å². The minimum Gasteiger partial charge on any atom is -0.408 e. The molecule has 0 spiro atoms. The monoisotopic (exact) mass is 388 g/mol. The molecule has 1 amide bonds. The minimum atomic E-state index is -0.604. The maximum atomic E-state index is 12.5. The van der Waals surface area contributed by atoms with Gasteiger partial charge in [0.25, 0.3) is 5.56 Å². The van der Waals surface area contributed by atoms with Crippen molar-refractivity contribution in [1.82, 2.24) is 19.7 Å². The van der Waals surface area contributed by atoms with Gasteiger partial charge in [0.05, 0.1) is 23.1 Å². The number of carbonyl (C=O) groups excluding carboxylic acids is 1. The van der Waals surface area contributed by atoms with Gasteiger partial charge >= 0.3 is 5.76 Å². The normalized spacial score (nSPS) is 10.9. The Labute approximate surface area is 164 Å². The number of nitrogens with zero attached hydrogens (tertiary/aromatic N) is 3. The molecule has 0 aliphatic carbocycles. The molecule has 144 valence electrons.